The molecule has 0 aromatic rings. The molecule has 19 heavy (non-hydrogen) atoms. The molecule has 0 aromatic heterocycles. The van der Waals surface area contributed by atoms with Gasteiger partial charge in [-0.25, -0.2) is 0 Å². The van der Waals surface area contributed by atoms with E-state index in [2.05, 4.69) is 12.2 Å². The summed E-state index contributed by atoms with van der Waals surface area (Å²) in [6.07, 6.45) is 2.76. The second-order valence-corrected chi connectivity index (χ2v) is 6.33. The van der Waals surface area contributed by atoms with Gasteiger partial charge in [0.05, 0.1) is 12.2 Å². The zero-order valence-corrected chi connectivity index (χ0v) is 12.2. The van der Waals surface area contributed by atoms with Gasteiger partial charge in [-0.2, -0.15) is 0 Å². The quantitative estimate of drug-likeness (QED) is 0.815. The van der Waals surface area contributed by atoms with Crippen LogP contribution in [-0.4, -0.2) is 47.0 Å². The fraction of sp³-hybridized carbons (Fsp3) is 0.857. The molecule has 0 aliphatic carbocycles. The van der Waals surface area contributed by atoms with Gasteiger partial charge in [-0.05, 0) is 40.5 Å². The van der Waals surface area contributed by atoms with E-state index >= 15 is 0 Å². The van der Waals surface area contributed by atoms with E-state index in [-0.39, 0.29) is 30.1 Å². The van der Waals surface area contributed by atoms with Gasteiger partial charge in [-0.1, -0.05) is 0 Å². The van der Waals surface area contributed by atoms with Crippen molar-refractivity contribution in [2.75, 3.05) is 6.54 Å². The molecule has 0 spiro atoms. The summed E-state index contributed by atoms with van der Waals surface area (Å²) >= 11 is 0. The lowest BCUT2D eigenvalue weighted by atomic mass is 10.0. The normalized spacial score (nSPS) is 35.2. The van der Waals surface area contributed by atoms with Crippen LogP contribution in [0.15, 0.2) is 0 Å². The molecule has 5 nitrogen and oxygen atoms in total. The average Bonchev–Trinajstić information content (AvgIpc) is 2.66. The molecular weight excluding hydrogens is 244 g/mol. The lowest BCUT2D eigenvalue weighted by Crippen LogP contribution is -2.55. The van der Waals surface area contributed by atoms with E-state index in [4.69, 9.17) is 4.74 Å². The zero-order chi connectivity index (χ0) is 14.2. The van der Waals surface area contributed by atoms with E-state index in [1.165, 1.54) is 0 Å². The molecule has 0 radical (unpaired) electrons. The summed E-state index contributed by atoms with van der Waals surface area (Å²) in [5.41, 5.74) is -0.827. The molecule has 3 atom stereocenters. The molecule has 2 rings (SSSR count). The van der Waals surface area contributed by atoms with Gasteiger partial charge in [-0.3, -0.25) is 9.59 Å². The fourth-order valence-corrected chi connectivity index (χ4v) is 2.89. The van der Waals surface area contributed by atoms with Crippen LogP contribution in [0.2, 0.25) is 0 Å². The van der Waals surface area contributed by atoms with Crippen molar-refractivity contribution in [2.24, 2.45) is 0 Å². The van der Waals surface area contributed by atoms with Crippen LogP contribution in [0, 0.1) is 0 Å². The van der Waals surface area contributed by atoms with Gasteiger partial charge in [0.15, 0.2) is 0 Å². The van der Waals surface area contributed by atoms with Gasteiger partial charge in [0.2, 0.25) is 11.8 Å². The van der Waals surface area contributed by atoms with Crippen molar-refractivity contribution >= 4 is 11.8 Å². The first kappa shape index (κ1) is 14.3. The molecule has 2 heterocycles. The monoisotopic (exact) mass is 268 g/mol. The summed E-state index contributed by atoms with van der Waals surface area (Å²) in [7, 11) is 0. The number of nitrogens with zero attached hydrogens (tertiary/aromatic N) is 1. The number of nitrogens with one attached hydrogen (secondary N) is 1. The Bertz CT molecular complexity index is 381. The highest BCUT2D eigenvalue weighted by molar-refractivity contribution is 5.93. The smallest absolute Gasteiger partial charge is 0.248 e. The number of hydrogen-bond donors (Lipinski definition) is 1. The highest BCUT2D eigenvalue weighted by Crippen LogP contribution is 2.24. The van der Waals surface area contributed by atoms with Crippen LogP contribution in [0.5, 0.6) is 0 Å². The first-order valence-electron chi connectivity index (χ1n) is 7.07. The van der Waals surface area contributed by atoms with E-state index in [1.54, 1.807) is 18.7 Å². The Labute approximate surface area is 114 Å². The molecule has 2 fully saturated rings. The minimum atomic E-state index is -0.827. The number of carbonyl (C=O) groups excluding carboxylic acids is 2. The number of amides is 2. The van der Waals surface area contributed by atoms with Gasteiger partial charge < -0.3 is 15.0 Å². The van der Waals surface area contributed by atoms with Crippen LogP contribution >= 0.6 is 0 Å². The number of carbonyl (C=O) groups is 2. The van der Waals surface area contributed by atoms with Gasteiger partial charge in [0, 0.05) is 19.0 Å². The van der Waals surface area contributed by atoms with Crippen LogP contribution in [0.3, 0.4) is 0 Å². The molecule has 0 bridgehead atoms. The second kappa shape index (κ2) is 5.12. The molecule has 2 amide bonds. The van der Waals surface area contributed by atoms with Gasteiger partial charge in [0.25, 0.3) is 0 Å². The fourth-order valence-electron chi connectivity index (χ4n) is 2.89. The van der Waals surface area contributed by atoms with Crippen molar-refractivity contribution in [3.05, 3.63) is 0 Å². The van der Waals surface area contributed by atoms with E-state index in [0.29, 0.717) is 13.0 Å². The topological polar surface area (TPSA) is 58.6 Å². The van der Waals surface area contributed by atoms with Crippen LogP contribution in [0.1, 0.15) is 47.0 Å². The Morgan fingerprint density at radius 3 is 2.58 bits per heavy atom. The lowest BCUT2D eigenvalue weighted by Gasteiger charge is -2.33. The minimum Gasteiger partial charge on any atom is -0.373 e. The Morgan fingerprint density at radius 2 is 2.00 bits per heavy atom. The first-order chi connectivity index (χ1) is 8.79. The van der Waals surface area contributed by atoms with E-state index < -0.39 is 5.54 Å². The predicted octanol–water partition coefficient (Wildman–Crippen LogP) is 1.07. The van der Waals surface area contributed by atoms with E-state index in [9.17, 15) is 9.59 Å². The minimum absolute atomic E-state index is 0.0194. The summed E-state index contributed by atoms with van der Waals surface area (Å²) in [6, 6.07) is -0.0752. The number of ether oxygens (including phenoxy) is 1. The summed E-state index contributed by atoms with van der Waals surface area (Å²) in [4.78, 5) is 26.1. The molecule has 0 aromatic carbocycles. The Kier molecular flexibility index (Phi) is 3.85. The number of rotatable bonds is 2. The van der Waals surface area contributed by atoms with Crippen LogP contribution in [-0.2, 0) is 14.3 Å². The molecule has 3 unspecified atom stereocenters. The Balaban J connectivity index is 2.11. The van der Waals surface area contributed by atoms with Gasteiger partial charge in [-0.15, -0.1) is 0 Å². The molecular formula is C14H24N2O3. The van der Waals surface area contributed by atoms with Crippen LogP contribution in [0.25, 0.3) is 0 Å². The average molecular weight is 268 g/mol. The highest BCUT2D eigenvalue weighted by atomic mass is 16.5. The molecule has 2 aliphatic heterocycles. The largest absolute Gasteiger partial charge is 0.373 e. The van der Waals surface area contributed by atoms with Crippen molar-refractivity contribution in [1.82, 2.24) is 10.2 Å². The van der Waals surface area contributed by atoms with E-state index in [1.807, 2.05) is 6.92 Å². The van der Waals surface area contributed by atoms with Crippen molar-refractivity contribution in [3.8, 4) is 0 Å². The lowest BCUT2D eigenvalue weighted by molar-refractivity contribution is -0.140. The maximum absolute atomic E-state index is 12.5. The van der Waals surface area contributed by atoms with Crippen molar-refractivity contribution in [2.45, 2.75) is 70.7 Å². The Morgan fingerprint density at radius 1 is 1.32 bits per heavy atom. The summed E-state index contributed by atoms with van der Waals surface area (Å²) in [5.74, 6) is -0.0805. The SMILES string of the molecule is CC1CCC(CN2C(=O)C(C)(C)NC(=O)CC2C)O1. The second-order valence-electron chi connectivity index (χ2n) is 6.33. The molecule has 2 saturated heterocycles. The molecule has 2 aliphatic rings. The Hall–Kier alpha value is -1.10. The third kappa shape index (κ3) is 3.08. The van der Waals surface area contributed by atoms with Gasteiger partial charge >= 0.3 is 0 Å². The molecule has 0 saturated carbocycles. The van der Waals surface area contributed by atoms with Crippen molar-refractivity contribution in [1.29, 1.82) is 0 Å². The standard InChI is InChI=1S/C14H24N2O3/c1-9-7-12(17)15-14(3,4)13(18)16(9)8-11-6-5-10(2)19-11/h9-11H,5-8H2,1-4H3,(H,15,17). The summed E-state index contributed by atoms with van der Waals surface area (Å²) < 4.78 is 5.80. The zero-order valence-electron chi connectivity index (χ0n) is 12.2. The predicted molar refractivity (Wildman–Crippen MR) is 71.6 cm³/mol. The maximum Gasteiger partial charge on any atom is 0.248 e. The van der Waals surface area contributed by atoms with Gasteiger partial charge in [0.1, 0.15) is 5.54 Å². The summed E-state index contributed by atoms with van der Waals surface area (Å²) in [6.45, 7) is 8.09. The highest BCUT2D eigenvalue weighted by Gasteiger charge is 2.40. The molecule has 108 valence electrons. The molecule has 1 N–H and O–H groups in total. The first-order valence-corrected chi connectivity index (χ1v) is 7.07. The van der Waals surface area contributed by atoms with Crippen LogP contribution in [0.4, 0.5) is 0 Å². The number of hydrogen-bond acceptors (Lipinski definition) is 3. The van der Waals surface area contributed by atoms with Crippen molar-refractivity contribution in [3.63, 3.8) is 0 Å². The maximum atomic E-state index is 12.5. The van der Waals surface area contributed by atoms with Crippen LogP contribution < -0.4 is 5.32 Å². The third-order valence-corrected chi connectivity index (χ3v) is 3.98. The third-order valence-electron chi connectivity index (χ3n) is 3.98. The van der Waals surface area contributed by atoms with E-state index in [0.717, 1.165) is 12.8 Å². The molecule has 5 heteroatoms. The summed E-state index contributed by atoms with van der Waals surface area (Å²) in [5, 5.41) is 2.79. The van der Waals surface area contributed by atoms with Crippen molar-refractivity contribution < 1.29 is 14.3 Å².